The summed E-state index contributed by atoms with van der Waals surface area (Å²) in [6.07, 6.45) is 0.876. The molecule has 1 aromatic carbocycles. The molecule has 0 radical (unpaired) electrons. The van der Waals surface area contributed by atoms with Crippen LogP contribution in [0, 0.1) is 0 Å². The van der Waals surface area contributed by atoms with Gasteiger partial charge in [-0.15, -0.1) is 10.2 Å². The van der Waals surface area contributed by atoms with Crippen molar-refractivity contribution in [3.8, 4) is 17.2 Å². The Hall–Kier alpha value is -3.17. The lowest BCUT2D eigenvalue weighted by molar-refractivity contribution is -0.156. The van der Waals surface area contributed by atoms with E-state index in [9.17, 15) is 13.2 Å². The van der Waals surface area contributed by atoms with Crippen LogP contribution in [0.4, 0.5) is 19.1 Å². The molecule has 0 spiro atoms. The summed E-state index contributed by atoms with van der Waals surface area (Å²) in [6.45, 7) is 4.00. The Morgan fingerprint density at radius 3 is 2.33 bits per heavy atom. The highest BCUT2D eigenvalue weighted by Gasteiger charge is 2.40. The summed E-state index contributed by atoms with van der Waals surface area (Å²) in [5.74, 6) is -0.568. The van der Waals surface area contributed by atoms with Crippen LogP contribution in [-0.2, 0) is 11.7 Å². The number of alkyl halides is 3. The monoisotopic (exact) mass is 421 g/mol. The zero-order valence-electron chi connectivity index (χ0n) is 16.8. The summed E-state index contributed by atoms with van der Waals surface area (Å²) in [7, 11) is 1.61. The summed E-state index contributed by atoms with van der Waals surface area (Å²) in [5.41, 5.74) is 0.972. The lowest BCUT2D eigenvalue weighted by Gasteiger charge is -2.43. The molecule has 2 aromatic heterocycles. The number of ether oxygens (including phenoxy) is 1. The molecular weight excluding hydrogens is 399 g/mol. The van der Waals surface area contributed by atoms with Gasteiger partial charge in [-0.3, -0.25) is 0 Å². The highest BCUT2D eigenvalue weighted by atomic mass is 19.4. The highest BCUT2D eigenvalue weighted by molar-refractivity contribution is 5.51. The molecule has 0 aliphatic heterocycles. The van der Waals surface area contributed by atoms with Gasteiger partial charge < -0.3 is 14.5 Å². The molecule has 10 heteroatoms. The molecule has 0 atom stereocenters. The molecule has 3 aromatic rings. The molecule has 1 saturated carbocycles. The Labute approximate surface area is 171 Å². The molecule has 1 aliphatic carbocycles. The Kier molecular flexibility index (Phi) is 6.23. The average molecular weight is 421 g/mol. The maximum absolute atomic E-state index is 12.6. The molecule has 1 aliphatic rings. The first-order valence-electron chi connectivity index (χ1n) is 9.55. The summed E-state index contributed by atoms with van der Waals surface area (Å²) < 4.78 is 47.7. The van der Waals surface area contributed by atoms with E-state index in [0.717, 1.165) is 30.6 Å². The van der Waals surface area contributed by atoms with E-state index in [1.807, 2.05) is 38.1 Å². The van der Waals surface area contributed by atoms with Crippen molar-refractivity contribution in [3.05, 3.63) is 48.1 Å². The Morgan fingerprint density at radius 1 is 1.10 bits per heavy atom. The number of aromatic nitrogens is 4. The van der Waals surface area contributed by atoms with Crippen LogP contribution in [0.3, 0.4) is 0 Å². The van der Waals surface area contributed by atoms with Crippen LogP contribution in [0.15, 0.2) is 41.1 Å². The van der Waals surface area contributed by atoms with E-state index in [2.05, 4.69) is 29.9 Å². The second-order valence-corrected chi connectivity index (χ2v) is 6.50. The second kappa shape index (κ2) is 8.68. The maximum atomic E-state index is 12.6. The molecule has 0 unspecified atom stereocenters. The van der Waals surface area contributed by atoms with E-state index in [-0.39, 0.29) is 17.0 Å². The summed E-state index contributed by atoms with van der Waals surface area (Å²) in [4.78, 5) is 8.40. The van der Waals surface area contributed by atoms with Gasteiger partial charge >= 0.3 is 12.1 Å². The Balaban J connectivity index is 0.00000124. The summed E-state index contributed by atoms with van der Waals surface area (Å²) in [6, 6.07) is 7.78. The fraction of sp³-hybridized carbons (Fsp3) is 0.400. The van der Waals surface area contributed by atoms with Gasteiger partial charge in [0.2, 0.25) is 5.95 Å². The van der Waals surface area contributed by atoms with E-state index < -0.39 is 12.1 Å². The van der Waals surface area contributed by atoms with Gasteiger partial charge in [-0.2, -0.15) is 13.2 Å². The second-order valence-electron chi connectivity index (χ2n) is 6.50. The number of hydrogen-bond acceptors (Lipinski definition) is 7. The predicted octanol–water partition coefficient (Wildman–Crippen LogP) is 5.07. The quantitative estimate of drug-likeness (QED) is 0.615. The zero-order valence-corrected chi connectivity index (χ0v) is 16.8. The van der Waals surface area contributed by atoms with Gasteiger partial charge in [0.05, 0.1) is 18.2 Å². The van der Waals surface area contributed by atoms with Gasteiger partial charge in [-0.25, -0.2) is 9.97 Å². The normalized spacial score (nSPS) is 14.9. The Morgan fingerprint density at radius 2 is 1.80 bits per heavy atom. The fourth-order valence-electron chi connectivity index (χ4n) is 3.11. The van der Waals surface area contributed by atoms with Crippen molar-refractivity contribution < 1.29 is 22.3 Å². The molecule has 1 fully saturated rings. The minimum absolute atomic E-state index is 0.206. The number of hydrogen-bond donors (Lipinski definition) is 1. The molecule has 0 saturated heterocycles. The number of methoxy groups -OCH3 is 1. The van der Waals surface area contributed by atoms with Crippen molar-refractivity contribution in [3.63, 3.8) is 0 Å². The maximum Gasteiger partial charge on any atom is 0.470 e. The van der Waals surface area contributed by atoms with Crippen LogP contribution in [-0.4, -0.2) is 27.3 Å². The third kappa shape index (κ3) is 4.37. The van der Waals surface area contributed by atoms with E-state index in [4.69, 9.17) is 4.74 Å². The molecule has 7 nitrogen and oxygen atoms in total. The molecule has 30 heavy (non-hydrogen) atoms. The molecule has 2 heterocycles. The van der Waals surface area contributed by atoms with Crippen molar-refractivity contribution in [1.29, 1.82) is 0 Å². The smallest absolute Gasteiger partial charge is 0.470 e. The SMILES string of the molecule is CC.COc1cccc(C2(Nc3ncc(-c4nnc(C(F)(F)F)o4)cn3)CCC2)c1. The van der Waals surface area contributed by atoms with Gasteiger partial charge in [0, 0.05) is 12.4 Å². The van der Waals surface area contributed by atoms with E-state index in [1.165, 1.54) is 12.4 Å². The third-order valence-corrected chi connectivity index (χ3v) is 4.75. The van der Waals surface area contributed by atoms with Crippen LogP contribution < -0.4 is 10.1 Å². The summed E-state index contributed by atoms with van der Waals surface area (Å²) >= 11 is 0. The number of nitrogens with one attached hydrogen (secondary N) is 1. The number of rotatable bonds is 5. The summed E-state index contributed by atoms with van der Waals surface area (Å²) in [5, 5.41) is 9.74. The first-order valence-corrected chi connectivity index (χ1v) is 9.55. The van der Waals surface area contributed by atoms with Crippen LogP contribution >= 0.6 is 0 Å². The minimum atomic E-state index is -4.69. The Bertz CT molecular complexity index is 969. The van der Waals surface area contributed by atoms with E-state index in [0.29, 0.717) is 5.95 Å². The first kappa shape index (κ1) is 21.5. The van der Waals surface area contributed by atoms with Crippen molar-refractivity contribution >= 4 is 5.95 Å². The van der Waals surface area contributed by atoms with Gasteiger partial charge in [-0.1, -0.05) is 26.0 Å². The van der Waals surface area contributed by atoms with Crippen molar-refractivity contribution in [2.24, 2.45) is 0 Å². The van der Waals surface area contributed by atoms with Gasteiger partial charge in [0.25, 0.3) is 5.89 Å². The predicted molar refractivity (Wildman–Crippen MR) is 104 cm³/mol. The molecule has 0 bridgehead atoms. The molecule has 4 rings (SSSR count). The third-order valence-electron chi connectivity index (χ3n) is 4.75. The lowest BCUT2D eigenvalue weighted by Crippen LogP contribution is -2.42. The van der Waals surface area contributed by atoms with Crippen molar-refractivity contribution in [1.82, 2.24) is 20.2 Å². The fourth-order valence-corrected chi connectivity index (χ4v) is 3.11. The number of nitrogens with zero attached hydrogens (tertiary/aromatic N) is 4. The molecule has 1 N–H and O–H groups in total. The van der Waals surface area contributed by atoms with E-state index in [1.54, 1.807) is 7.11 Å². The van der Waals surface area contributed by atoms with Crippen LogP contribution in [0.1, 0.15) is 44.6 Å². The van der Waals surface area contributed by atoms with Crippen LogP contribution in [0.2, 0.25) is 0 Å². The van der Waals surface area contributed by atoms with Crippen LogP contribution in [0.25, 0.3) is 11.5 Å². The molecular formula is C20H22F3N5O2. The van der Waals surface area contributed by atoms with Crippen molar-refractivity contribution in [2.45, 2.75) is 44.8 Å². The van der Waals surface area contributed by atoms with Gasteiger partial charge in [0.15, 0.2) is 0 Å². The molecule has 160 valence electrons. The zero-order chi connectivity index (χ0) is 21.8. The minimum Gasteiger partial charge on any atom is -0.497 e. The topological polar surface area (TPSA) is 86.0 Å². The highest BCUT2D eigenvalue weighted by Crippen LogP contribution is 2.44. The van der Waals surface area contributed by atoms with Gasteiger partial charge in [-0.05, 0) is 37.0 Å². The first-order chi connectivity index (χ1) is 14.4. The number of halogens is 3. The van der Waals surface area contributed by atoms with Gasteiger partial charge in [0.1, 0.15) is 5.75 Å². The lowest BCUT2D eigenvalue weighted by atomic mass is 9.72. The average Bonchev–Trinajstić information content (AvgIpc) is 3.23. The van der Waals surface area contributed by atoms with Crippen molar-refractivity contribution in [2.75, 3.05) is 12.4 Å². The largest absolute Gasteiger partial charge is 0.497 e. The molecule has 0 amide bonds. The number of benzene rings is 1. The van der Waals surface area contributed by atoms with Crippen LogP contribution in [0.5, 0.6) is 5.75 Å². The number of anilines is 1. The van der Waals surface area contributed by atoms with E-state index >= 15 is 0 Å². The standard InChI is InChI=1S/C18H16F3N5O2.C2H6/c1-27-13-5-2-4-12(8-13)17(6-3-7-17)24-16-22-9-11(10-23-16)14-25-26-15(28-14)18(19,20)21;1-2/h2,4-5,8-10H,3,6-7H2,1H3,(H,22,23,24);1-2H3.